The molecule has 3 N–H and O–H groups in total. The van der Waals surface area contributed by atoms with Crippen LogP contribution < -0.4 is 10.6 Å². The number of rotatable bonds is 5. The highest BCUT2D eigenvalue weighted by Gasteiger charge is 2.19. The van der Waals surface area contributed by atoms with Crippen molar-refractivity contribution in [3.8, 4) is 0 Å². The van der Waals surface area contributed by atoms with Crippen molar-refractivity contribution in [2.24, 2.45) is 0 Å². The Morgan fingerprint density at radius 2 is 2.28 bits per heavy atom. The first kappa shape index (κ1) is 13.7. The lowest BCUT2D eigenvalue weighted by Gasteiger charge is -2.30. The maximum atomic E-state index is 11.0. The lowest BCUT2D eigenvalue weighted by molar-refractivity contribution is -0.122. The molecule has 0 saturated carbocycles. The Hall–Kier alpha value is -0.690. The molecule has 0 aromatic heterocycles. The molecule has 2 rings (SSSR count). The molecule has 6 nitrogen and oxygen atoms in total. The number of morpholine rings is 1. The highest BCUT2D eigenvalue weighted by Crippen LogP contribution is 2.03. The third-order valence-electron chi connectivity index (χ3n) is 3.48. The first-order chi connectivity index (χ1) is 8.74. The van der Waals surface area contributed by atoms with Crippen molar-refractivity contribution in [3.05, 3.63) is 0 Å². The number of β-amino-alcohol motifs (C(OH)–C–C–N with tert-alkyl or cyclic N) is 1. The van der Waals surface area contributed by atoms with Gasteiger partial charge in [-0.05, 0) is 6.42 Å². The molecule has 2 saturated heterocycles. The molecule has 2 unspecified atom stereocenters. The monoisotopic (exact) mass is 257 g/mol. The van der Waals surface area contributed by atoms with Crippen molar-refractivity contribution in [1.82, 2.24) is 15.5 Å². The van der Waals surface area contributed by atoms with Crippen LogP contribution in [0.15, 0.2) is 0 Å². The van der Waals surface area contributed by atoms with Crippen molar-refractivity contribution in [2.75, 3.05) is 45.9 Å². The number of hydrogen-bond donors (Lipinski definition) is 3. The molecule has 2 fully saturated rings. The quantitative estimate of drug-likeness (QED) is 0.562. The van der Waals surface area contributed by atoms with Gasteiger partial charge in [-0.3, -0.25) is 9.69 Å². The molecular weight excluding hydrogens is 234 g/mol. The number of aliphatic hydroxyl groups is 1. The summed E-state index contributed by atoms with van der Waals surface area (Å²) in [5.74, 6) is 0.127. The molecule has 18 heavy (non-hydrogen) atoms. The standard InChI is InChI=1S/C12H23N3O3/c16-11(9-15-3-5-18-6-4-15)8-13-10-1-2-12(17)14-7-10/h10-11,13,16H,1-9H2,(H,14,17). The average Bonchev–Trinajstić information content (AvgIpc) is 2.39. The van der Waals surface area contributed by atoms with E-state index in [1.54, 1.807) is 0 Å². The van der Waals surface area contributed by atoms with Gasteiger partial charge in [0.15, 0.2) is 0 Å². The van der Waals surface area contributed by atoms with E-state index in [9.17, 15) is 9.90 Å². The SMILES string of the molecule is O=C1CCC(NCC(O)CN2CCOCC2)CN1. The maximum Gasteiger partial charge on any atom is 0.220 e. The van der Waals surface area contributed by atoms with Crippen molar-refractivity contribution in [2.45, 2.75) is 25.0 Å². The van der Waals surface area contributed by atoms with E-state index in [0.717, 1.165) is 32.7 Å². The highest BCUT2D eigenvalue weighted by atomic mass is 16.5. The Morgan fingerprint density at radius 3 is 2.94 bits per heavy atom. The maximum absolute atomic E-state index is 11.0. The summed E-state index contributed by atoms with van der Waals surface area (Å²) in [7, 11) is 0. The third-order valence-corrected chi connectivity index (χ3v) is 3.48. The summed E-state index contributed by atoms with van der Waals surface area (Å²) in [4.78, 5) is 13.2. The van der Waals surface area contributed by atoms with E-state index in [-0.39, 0.29) is 12.0 Å². The van der Waals surface area contributed by atoms with E-state index in [2.05, 4.69) is 15.5 Å². The summed E-state index contributed by atoms with van der Waals surface area (Å²) >= 11 is 0. The molecular formula is C12H23N3O3. The Labute approximate surface area is 108 Å². The number of piperidine rings is 1. The van der Waals surface area contributed by atoms with Crippen LogP contribution in [0.25, 0.3) is 0 Å². The average molecular weight is 257 g/mol. The van der Waals surface area contributed by atoms with Gasteiger partial charge in [-0.2, -0.15) is 0 Å². The summed E-state index contributed by atoms with van der Waals surface area (Å²) in [5, 5.41) is 16.1. The predicted molar refractivity (Wildman–Crippen MR) is 67.3 cm³/mol. The lowest BCUT2D eigenvalue weighted by Crippen LogP contribution is -2.49. The van der Waals surface area contributed by atoms with E-state index in [1.165, 1.54) is 0 Å². The zero-order valence-corrected chi connectivity index (χ0v) is 10.7. The number of carbonyl (C=O) groups excluding carboxylic acids is 1. The topological polar surface area (TPSA) is 73.8 Å². The van der Waals surface area contributed by atoms with Gasteiger partial charge in [0.05, 0.1) is 19.3 Å². The Balaban J connectivity index is 1.59. The van der Waals surface area contributed by atoms with E-state index >= 15 is 0 Å². The van der Waals surface area contributed by atoms with Gasteiger partial charge in [0.25, 0.3) is 0 Å². The molecule has 0 aromatic rings. The molecule has 0 spiro atoms. The van der Waals surface area contributed by atoms with Crippen LogP contribution in [0.4, 0.5) is 0 Å². The van der Waals surface area contributed by atoms with Gasteiger partial charge in [0.1, 0.15) is 0 Å². The van der Waals surface area contributed by atoms with Crippen molar-refractivity contribution in [1.29, 1.82) is 0 Å². The van der Waals surface area contributed by atoms with Crippen LogP contribution in [0.2, 0.25) is 0 Å². The molecule has 104 valence electrons. The molecule has 2 aliphatic rings. The van der Waals surface area contributed by atoms with E-state index in [1.807, 2.05) is 0 Å². The van der Waals surface area contributed by atoms with Crippen LogP contribution in [0.1, 0.15) is 12.8 Å². The fraction of sp³-hybridized carbons (Fsp3) is 0.917. The Bertz CT molecular complexity index is 259. The van der Waals surface area contributed by atoms with E-state index in [0.29, 0.717) is 32.1 Å². The summed E-state index contributed by atoms with van der Waals surface area (Å²) in [6.45, 7) is 5.26. The molecule has 1 amide bonds. The zero-order chi connectivity index (χ0) is 12.8. The van der Waals surface area contributed by atoms with Crippen LogP contribution in [-0.4, -0.2) is 74.0 Å². The number of carbonyl (C=O) groups is 1. The van der Waals surface area contributed by atoms with Crippen LogP contribution in [0.5, 0.6) is 0 Å². The number of ether oxygens (including phenoxy) is 1. The molecule has 2 heterocycles. The minimum Gasteiger partial charge on any atom is -0.390 e. The van der Waals surface area contributed by atoms with Crippen molar-refractivity contribution < 1.29 is 14.6 Å². The molecule has 6 heteroatoms. The number of nitrogens with one attached hydrogen (secondary N) is 2. The first-order valence-electron chi connectivity index (χ1n) is 6.72. The molecule has 0 bridgehead atoms. The molecule has 0 aliphatic carbocycles. The fourth-order valence-electron chi connectivity index (χ4n) is 2.36. The minimum absolute atomic E-state index is 0.127. The third kappa shape index (κ3) is 4.53. The van der Waals surface area contributed by atoms with E-state index in [4.69, 9.17) is 4.74 Å². The normalized spacial score (nSPS) is 27.8. The van der Waals surface area contributed by atoms with Gasteiger partial charge >= 0.3 is 0 Å². The lowest BCUT2D eigenvalue weighted by atomic mass is 10.1. The van der Waals surface area contributed by atoms with Gasteiger partial charge in [-0.15, -0.1) is 0 Å². The van der Waals surface area contributed by atoms with Gasteiger partial charge in [-0.25, -0.2) is 0 Å². The summed E-state index contributed by atoms with van der Waals surface area (Å²) in [5.41, 5.74) is 0. The van der Waals surface area contributed by atoms with Crippen molar-refractivity contribution >= 4 is 5.91 Å². The minimum atomic E-state index is -0.360. The highest BCUT2D eigenvalue weighted by molar-refractivity contribution is 5.76. The van der Waals surface area contributed by atoms with Crippen LogP contribution >= 0.6 is 0 Å². The molecule has 2 atom stereocenters. The first-order valence-corrected chi connectivity index (χ1v) is 6.72. The molecule has 0 radical (unpaired) electrons. The second-order valence-corrected chi connectivity index (χ2v) is 5.01. The van der Waals surface area contributed by atoms with Crippen LogP contribution in [0, 0.1) is 0 Å². The number of hydrogen-bond acceptors (Lipinski definition) is 5. The van der Waals surface area contributed by atoms with Gasteiger partial charge in [-0.1, -0.05) is 0 Å². The van der Waals surface area contributed by atoms with Gasteiger partial charge in [0.2, 0.25) is 5.91 Å². The second kappa shape index (κ2) is 7.04. The van der Waals surface area contributed by atoms with Crippen molar-refractivity contribution in [3.63, 3.8) is 0 Å². The zero-order valence-electron chi connectivity index (χ0n) is 10.7. The smallest absolute Gasteiger partial charge is 0.220 e. The largest absolute Gasteiger partial charge is 0.390 e. The van der Waals surface area contributed by atoms with E-state index < -0.39 is 0 Å². The van der Waals surface area contributed by atoms with Gasteiger partial charge < -0.3 is 20.5 Å². The van der Waals surface area contributed by atoms with Crippen LogP contribution in [0.3, 0.4) is 0 Å². The number of amides is 1. The second-order valence-electron chi connectivity index (χ2n) is 5.01. The number of aliphatic hydroxyl groups excluding tert-OH is 1. The number of nitrogens with zero attached hydrogens (tertiary/aromatic N) is 1. The summed E-state index contributed by atoms with van der Waals surface area (Å²) in [6, 6.07) is 0.294. The molecule has 0 aromatic carbocycles. The van der Waals surface area contributed by atoms with Crippen LogP contribution in [-0.2, 0) is 9.53 Å². The molecule has 2 aliphatic heterocycles. The fourth-order valence-corrected chi connectivity index (χ4v) is 2.36. The summed E-state index contributed by atoms with van der Waals surface area (Å²) in [6.07, 6.45) is 1.08. The Morgan fingerprint density at radius 1 is 1.50 bits per heavy atom. The predicted octanol–water partition coefficient (Wildman–Crippen LogP) is -1.45. The van der Waals surface area contributed by atoms with Gasteiger partial charge in [0, 0.05) is 45.2 Å². The summed E-state index contributed by atoms with van der Waals surface area (Å²) < 4.78 is 5.27. The Kier molecular flexibility index (Phi) is 5.37.